The molecule has 4 rings (SSSR count). The zero-order chi connectivity index (χ0) is 16.7. The summed E-state index contributed by atoms with van der Waals surface area (Å²) >= 11 is 1.40. The van der Waals surface area contributed by atoms with Crippen LogP contribution in [0, 0.1) is 10.1 Å². The van der Waals surface area contributed by atoms with Crippen LogP contribution in [-0.4, -0.2) is 41.0 Å². The summed E-state index contributed by atoms with van der Waals surface area (Å²) in [6, 6.07) is 6.68. The maximum absolute atomic E-state index is 13.0. The summed E-state index contributed by atoms with van der Waals surface area (Å²) in [5, 5.41) is 11.7. The lowest BCUT2D eigenvalue weighted by molar-refractivity contribution is -0.384. The monoisotopic (exact) mass is 346 g/mol. The van der Waals surface area contributed by atoms with E-state index in [1.165, 1.54) is 23.5 Å². The molecule has 2 unspecified atom stereocenters. The second-order valence-electron chi connectivity index (χ2n) is 6.35. The largest absolute Gasteiger partial charge is 0.374 e. The Morgan fingerprint density at radius 2 is 2.12 bits per heavy atom. The fraction of sp³-hybridized carbons (Fsp3) is 0.471. The van der Waals surface area contributed by atoms with Crippen molar-refractivity contribution in [1.82, 2.24) is 4.90 Å². The number of non-ortho nitro benzene ring substituents is 1. The van der Waals surface area contributed by atoms with E-state index < -0.39 is 4.92 Å². The molecule has 0 N–H and O–H groups in total. The molecular weight excluding hydrogens is 328 g/mol. The maximum Gasteiger partial charge on any atom is 0.270 e. The summed E-state index contributed by atoms with van der Waals surface area (Å²) in [5.41, 5.74) is 0.0537. The SMILES string of the molecule is O=C(c1cc2cc([N+](=O)[O-])ccc2s1)N1CCOC2CCCCC21. The molecule has 2 heterocycles. The van der Waals surface area contributed by atoms with Gasteiger partial charge in [0.15, 0.2) is 0 Å². The van der Waals surface area contributed by atoms with Gasteiger partial charge in [0, 0.05) is 28.8 Å². The first-order chi connectivity index (χ1) is 11.6. The maximum atomic E-state index is 13.0. The highest BCUT2D eigenvalue weighted by molar-refractivity contribution is 7.20. The minimum absolute atomic E-state index is 0.0269. The molecule has 1 aliphatic carbocycles. The van der Waals surface area contributed by atoms with Crippen LogP contribution in [0.5, 0.6) is 0 Å². The number of thiophene rings is 1. The molecule has 1 aromatic heterocycles. The molecule has 1 aromatic carbocycles. The molecule has 2 fully saturated rings. The molecular formula is C17H18N2O4S. The van der Waals surface area contributed by atoms with Crippen LogP contribution in [0.4, 0.5) is 5.69 Å². The Bertz CT molecular complexity index is 801. The van der Waals surface area contributed by atoms with Crippen molar-refractivity contribution < 1.29 is 14.5 Å². The van der Waals surface area contributed by atoms with Crippen molar-refractivity contribution in [3.8, 4) is 0 Å². The third kappa shape index (κ3) is 2.67. The van der Waals surface area contributed by atoms with E-state index in [9.17, 15) is 14.9 Å². The van der Waals surface area contributed by atoms with Gasteiger partial charge in [-0.15, -0.1) is 11.3 Å². The van der Waals surface area contributed by atoms with Crippen molar-refractivity contribution >= 4 is 33.0 Å². The zero-order valence-corrected chi connectivity index (χ0v) is 14.0. The first kappa shape index (κ1) is 15.5. The number of nitrogens with zero attached hydrogens (tertiary/aromatic N) is 2. The van der Waals surface area contributed by atoms with Gasteiger partial charge in [-0.25, -0.2) is 0 Å². The van der Waals surface area contributed by atoms with Gasteiger partial charge in [0.1, 0.15) is 0 Å². The van der Waals surface area contributed by atoms with Crippen molar-refractivity contribution in [2.24, 2.45) is 0 Å². The second-order valence-corrected chi connectivity index (χ2v) is 7.43. The molecule has 7 heteroatoms. The van der Waals surface area contributed by atoms with Crippen LogP contribution in [0.3, 0.4) is 0 Å². The van der Waals surface area contributed by atoms with Gasteiger partial charge in [0.05, 0.1) is 28.6 Å². The number of hydrogen-bond acceptors (Lipinski definition) is 5. The van der Waals surface area contributed by atoms with Crippen LogP contribution < -0.4 is 0 Å². The Hall–Kier alpha value is -1.99. The normalized spacial score (nSPS) is 23.9. The van der Waals surface area contributed by atoms with Gasteiger partial charge in [0.25, 0.3) is 11.6 Å². The van der Waals surface area contributed by atoms with E-state index in [0.717, 1.165) is 35.8 Å². The van der Waals surface area contributed by atoms with Gasteiger partial charge < -0.3 is 9.64 Å². The van der Waals surface area contributed by atoms with Crippen molar-refractivity contribution in [1.29, 1.82) is 0 Å². The van der Waals surface area contributed by atoms with Gasteiger partial charge in [-0.05, 0) is 25.0 Å². The number of hydrogen-bond donors (Lipinski definition) is 0. The lowest BCUT2D eigenvalue weighted by Crippen LogP contribution is -2.54. The Morgan fingerprint density at radius 3 is 2.96 bits per heavy atom. The number of rotatable bonds is 2. The average Bonchev–Trinajstić information content (AvgIpc) is 3.03. The first-order valence-corrected chi connectivity index (χ1v) is 9.06. The number of nitro groups is 1. The van der Waals surface area contributed by atoms with Crippen molar-refractivity contribution in [2.75, 3.05) is 13.2 Å². The third-order valence-electron chi connectivity index (χ3n) is 4.91. The lowest BCUT2D eigenvalue weighted by Gasteiger charge is -2.43. The molecule has 126 valence electrons. The van der Waals surface area contributed by atoms with Gasteiger partial charge in [-0.1, -0.05) is 12.8 Å². The van der Waals surface area contributed by atoms with Gasteiger partial charge in [-0.3, -0.25) is 14.9 Å². The molecule has 2 atom stereocenters. The molecule has 0 bridgehead atoms. The van der Waals surface area contributed by atoms with Crippen LogP contribution in [0.15, 0.2) is 24.3 Å². The minimum Gasteiger partial charge on any atom is -0.374 e. The highest BCUT2D eigenvalue weighted by Gasteiger charge is 2.37. The van der Waals surface area contributed by atoms with Crippen molar-refractivity contribution in [3.05, 3.63) is 39.3 Å². The topological polar surface area (TPSA) is 72.7 Å². The summed E-state index contributed by atoms with van der Waals surface area (Å²) in [6.45, 7) is 1.21. The summed E-state index contributed by atoms with van der Waals surface area (Å²) in [5.74, 6) is 0.0269. The fourth-order valence-corrected chi connectivity index (χ4v) is 4.74. The molecule has 1 aliphatic heterocycles. The Kier molecular flexibility index (Phi) is 3.97. The summed E-state index contributed by atoms with van der Waals surface area (Å²) in [6.07, 6.45) is 4.47. The highest BCUT2D eigenvalue weighted by atomic mass is 32.1. The smallest absolute Gasteiger partial charge is 0.270 e. The molecule has 0 radical (unpaired) electrons. The van der Waals surface area contributed by atoms with E-state index in [-0.39, 0.29) is 23.7 Å². The number of amides is 1. The van der Waals surface area contributed by atoms with Crippen LogP contribution in [0.25, 0.3) is 10.1 Å². The number of ether oxygens (including phenoxy) is 1. The van der Waals surface area contributed by atoms with E-state index in [2.05, 4.69) is 0 Å². The molecule has 6 nitrogen and oxygen atoms in total. The van der Waals surface area contributed by atoms with Crippen LogP contribution >= 0.6 is 11.3 Å². The predicted octanol–water partition coefficient (Wildman–Crippen LogP) is 3.59. The first-order valence-electron chi connectivity index (χ1n) is 8.24. The number of benzene rings is 1. The Labute approximate surface area is 143 Å². The van der Waals surface area contributed by atoms with Gasteiger partial charge in [-0.2, -0.15) is 0 Å². The molecule has 2 aliphatic rings. The number of morpholine rings is 1. The molecule has 1 saturated carbocycles. The Balaban J connectivity index is 1.63. The minimum atomic E-state index is -0.410. The average molecular weight is 346 g/mol. The molecule has 0 spiro atoms. The number of carbonyl (C=O) groups is 1. The zero-order valence-electron chi connectivity index (χ0n) is 13.1. The van der Waals surface area contributed by atoms with Crippen molar-refractivity contribution in [2.45, 2.75) is 37.8 Å². The highest BCUT2D eigenvalue weighted by Crippen LogP contribution is 2.33. The number of carbonyl (C=O) groups excluding carboxylic acids is 1. The Morgan fingerprint density at radius 1 is 1.29 bits per heavy atom. The van der Waals surface area contributed by atoms with E-state index in [4.69, 9.17) is 4.74 Å². The fourth-order valence-electron chi connectivity index (χ4n) is 3.74. The van der Waals surface area contributed by atoms with Gasteiger partial charge in [0.2, 0.25) is 0 Å². The number of nitro benzene ring substituents is 1. The molecule has 1 amide bonds. The second kappa shape index (κ2) is 6.14. The number of fused-ring (bicyclic) bond motifs is 2. The predicted molar refractivity (Wildman–Crippen MR) is 91.5 cm³/mol. The van der Waals surface area contributed by atoms with E-state index in [0.29, 0.717) is 18.0 Å². The summed E-state index contributed by atoms with van der Waals surface area (Å²) < 4.78 is 6.73. The molecule has 1 saturated heterocycles. The summed E-state index contributed by atoms with van der Waals surface area (Å²) in [7, 11) is 0. The van der Waals surface area contributed by atoms with E-state index in [1.807, 2.05) is 4.90 Å². The quantitative estimate of drug-likeness (QED) is 0.615. The van der Waals surface area contributed by atoms with Crippen LogP contribution in [-0.2, 0) is 4.74 Å². The van der Waals surface area contributed by atoms with E-state index in [1.54, 1.807) is 12.1 Å². The standard InChI is InChI=1S/C17H18N2O4S/c20-17(18-7-8-23-14-4-2-1-3-13(14)18)16-10-11-9-12(19(21)22)5-6-15(11)24-16/h5-6,9-10,13-14H,1-4,7-8H2. The van der Waals surface area contributed by atoms with Crippen LogP contribution in [0.2, 0.25) is 0 Å². The van der Waals surface area contributed by atoms with Gasteiger partial charge >= 0.3 is 0 Å². The molecule has 24 heavy (non-hydrogen) atoms. The summed E-state index contributed by atoms with van der Waals surface area (Å²) in [4.78, 5) is 26.1. The van der Waals surface area contributed by atoms with Crippen LogP contribution in [0.1, 0.15) is 35.4 Å². The molecule has 2 aromatic rings. The van der Waals surface area contributed by atoms with Crippen molar-refractivity contribution in [3.63, 3.8) is 0 Å². The third-order valence-corrected chi connectivity index (χ3v) is 6.02. The lowest BCUT2D eigenvalue weighted by atomic mass is 9.90. The van der Waals surface area contributed by atoms with E-state index >= 15 is 0 Å².